The van der Waals surface area contributed by atoms with Crippen LogP contribution in [-0.4, -0.2) is 40.8 Å². The van der Waals surface area contributed by atoms with Crippen LogP contribution in [0.4, 0.5) is 0 Å². The highest BCUT2D eigenvalue weighted by atomic mass is 32.1. The van der Waals surface area contributed by atoms with Gasteiger partial charge < -0.3 is 9.84 Å². The van der Waals surface area contributed by atoms with Crippen molar-refractivity contribution in [2.45, 2.75) is 32.9 Å². The van der Waals surface area contributed by atoms with Crippen LogP contribution in [0.2, 0.25) is 0 Å². The molecule has 5 heteroatoms. The van der Waals surface area contributed by atoms with E-state index < -0.39 is 0 Å². The molecule has 1 aromatic carbocycles. The average Bonchev–Trinajstić information content (AvgIpc) is 3.18. The standard InChI is InChI=1S/C18H24N2O2S/c1-3-22-17-6-4-14(5-7-17)18-19-16(12-23-18)11-20-9-8-15(10-20)13(2)21/h4-7,12-13,15,21H,3,8-11H2,1-2H3. The Hall–Kier alpha value is -1.43. The second-order valence-electron chi connectivity index (χ2n) is 6.13. The highest BCUT2D eigenvalue weighted by Gasteiger charge is 2.26. The summed E-state index contributed by atoms with van der Waals surface area (Å²) in [6.07, 6.45) is 0.864. The van der Waals surface area contributed by atoms with Crippen LogP contribution in [0.3, 0.4) is 0 Å². The molecular weight excluding hydrogens is 308 g/mol. The quantitative estimate of drug-likeness (QED) is 0.880. The number of aliphatic hydroxyl groups is 1. The number of ether oxygens (including phenoxy) is 1. The molecule has 2 atom stereocenters. The third-order valence-corrected chi connectivity index (χ3v) is 5.28. The zero-order chi connectivity index (χ0) is 16.2. The van der Waals surface area contributed by atoms with Crippen molar-refractivity contribution in [3.8, 4) is 16.3 Å². The second kappa shape index (κ2) is 7.43. The Morgan fingerprint density at radius 1 is 1.39 bits per heavy atom. The van der Waals surface area contributed by atoms with Crippen LogP contribution in [0, 0.1) is 5.92 Å². The molecule has 1 aliphatic heterocycles. The maximum atomic E-state index is 9.70. The number of thiazole rings is 1. The molecule has 23 heavy (non-hydrogen) atoms. The largest absolute Gasteiger partial charge is 0.494 e. The molecule has 1 N–H and O–H groups in total. The van der Waals surface area contributed by atoms with Gasteiger partial charge in [0.15, 0.2) is 0 Å². The summed E-state index contributed by atoms with van der Waals surface area (Å²) in [7, 11) is 0. The predicted octanol–water partition coefficient (Wildman–Crippen LogP) is 3.41. The molecule has 0 saturated carbocycles. The molecule has 2 aromatic rings. The Labute approximate surface area is 141 Å². The van der Waals surface area contributed by atoms with E-state index in [0.29, 0.717) is 12.5 Å². The Kier molecular flexibility index (Phi) is 5.30. The first kappa shape index (κ1) is 16.4. The Bertz CT molecular complexity index is 624. The maximum absolute atomic E-state index is 9.70. The van der Waals surface area contributed by atoms with Gasteiger partial charge in [0, 0.05) is 24.0 Å². The molecule has 1 aromatic heterocycles. The van der Waals surface area contributed by atoms with Gasteiger partial charge in [-0.1, -0.05) is 0 Å². The lowest BCUT2D eigenvalue weighted by Gasteiger charge is -2.16. The van der Waals surface area contributed by atoms with Crippen molar-refractivity contribution < 1.29 is 9.84 Å². The van der Waals surface area contributed by atoms with Gasteiger partial charge in [0.25, 0.3) is 0 Å². The van der Waals surface area contributed by atoms with Gasteiger partial charge in [-0.15, -0.1) is 11.3 Å². The van der Waals surface area contributed by atoms with Gasteiger partial charge >= 0.3 is 0 Å². The van der Waals surface area contributed by atoms with Gasteiger partial charge in [0.1, 0.15) is 10.8 Å². The van der Waals surface area contributed by atoms with Gasteiger partial charge in [-0.05, 0) is 57.0 Å². The first-order valence-electron chi connectivity index (χ1n) is 8.23. The van der Waals surface area contributed by atoms with Crippen molar-refractivity contribution in [2.24, 2.45) is 5.92 Å². The molecule has 0 spiro atoms. The van der Waals surface area contributed by atoms with Crippen LogP contribution in [-0.2, 0) is 6.54 Å². The van der Waals surface area contributed by atoms with Gasteiger partial charge in [0.2, 0.25) is 0 Å². The van der Waals surface area contributed by atoms with Crippen LogP contribution >= 0.6 is 11.3 Å². The first-order chi connectivity index (χ1) is 11.2. The van der Waals surface area contributed by atoms with E-state index in [9.17, 15) is 5.11 Å². The van der Waals surface area contributed by atoms with E-state index in [4.69, 9.17) is 9.72 Å². The molecule has 0 bridgehead atoms. The van der Waals surface area contributed by atoms with Crippen molar-refractivity contribution >= 4 is 11.3 Å². The summed E-state index contributed by atoms with van der Waals surface area (Å²) in [5, 5.41) is 12.9. The Morgan fingerprint density at radius 3 is 2.83 bits per heavy atom. The van der Waals surface area contributed by atoms with E-state index >= 15 is 0 Å². The molecule has 2 heterocycles. The Balaban J connectivity index is 1.62. The number of rotatable bonds is 6. The topological polar surface area (TPSA) is 45.6 Å². The summed E-state index contributed by atoms with van der Waals surface area (Å²) >= 11 is 1.68. The van der Waals surface area contributed by atoms with E-state index in [1.54, 1.807) is 11.3 Å². The van der Waals surface area contributed by atoms with Crippen LogP contribution in [0.15, 0.2) is 29.6 Å². The lowest BCUT2D eigenvalue weighted by Crippen LogP contribution is -2.24. The minimum Gasteiger partial charge on any atom is -0.494 e. The average molecular weight is 332 g/mol. The molecule has 1 aliphatic rings. The number of aliphatic hydroxyl groups excluding tert-OH is 1. The molecule has 1 saturated heterocycles. The normalized spacial score (nSPS) is 19.9. The van der Waals surface area contributed by atoms with Gasteiger partial charge in [0.05, 0.1) is 18.4 Å². The number of hydrogen-bond acceptors (Lipinski definition) is 5. The monoisotopic (exact) mass is 332 g/mol. The van der Waals surface area contributed by atoms with E-state index in [1.807, 2.05) is 26.0 Å². The maximum Gasteiger partial charge on any atom is 0.123 e. The molecule has 124 valence electrons. The molecule has 2 unspecified atom stereocenters. The molecule has 3 rings (SSSR count). The minimum atomic E-state index is -0.213. The minimum absolute atomic E-state index is 0.213. The summed E-state index contributed by atoms with van der Waals surface area (Å²) < 4.78 is 5.48. The zero-order valence-corrected chi connectivity index (χ0v) is 14.6. The summed E-state index contributed by atoms with van der Waals surface area (Å²) in [6, 6.07) is 8.11. The smallest absolute Gasteiger partial charge is 0.123 e. The number of benzene rings is 1. The van der Waals surface area contributed by atoms with Gasteiger partial charge in [-0.3, -0.25) is 4.90 Å². The number of aromatic nitrogens is 1. The number of nitrogens with zero attached hydrogens (tertiary/aromatic N) is 2. The fraction of sp³-hybridized carbons (Fsp3) is 0.500. The second-order valence-corrected chi connectivity index (χ2v) is 6.98. The molecule has 0 amide bonds. The molecule has 1 fully saturated rings. The summed E-state index contributed by atoms with van der Waals surface area (Å²) in [5.74, 6) is 1.30. The first-order valence-corrected chi connectivity index (χ1v) is 9.11. The number of hydrogen-bond donors (Lipinski definition) is 1. The van der Waals surface area contributed by atoms with E-state index in [2.05, 4.69) is 22.4 Å². The molecule has 4 nitrogen and oxygen atoms in total. The molecule has 0 aliphatic carbocycles. The van der Waals surface area contributed by atoms with Crippen molar-refractivity contribution in [3.05, 3.63) is 35.3 Å². The number of likely N-dealkylation sites (tertiary alicyclic amines) is 1. The highest BCUT2D eigenvalue weighted by molar-refractivity contribution is 7.13. The van der Waals surface area contributed by atoms with Crippen LogP contribution < -0.4 is 4.74 Å². The Morgan fingerprint density at radius 2 is 2.17 bits per heavy atom. The predicted molar refractivity (Wildman–Crippen MR) is 93.8 cm³/mol. The van der Waals surface area contributed by atoms with Crippen molar-refractivity contribution in [3.63, 3.8) is 0 Å². The fourth-order valence-electron chi connectivity index (χ4n) is 3.00. The van der Waals surface area contributed by atoms with E-state index in [1.165, 1.54) is 0 Å². The van der Waals surface area contributed by atoms with Gasteiger partial charge in [-0.25, -0.2) is 4.98 Å². The lowest BCUT2D eigenvalue weighted by molar-refractivity contribution is 0.127. The van der Waals surface area contributed by atoms with Gasteiger partial charge in [-0.2, -0.15) is 0 Å². The van der Waals surface area contributed by atoms with Crippen LogP contribution in [0.25, 0.3) is 10.6 Å². The zero-order valence-electron chi connectivity index (χ0n) is 13.7. The lowest BCUT2D eigenvalue weighted by atomic mass is 10.0. The SMILES string of the molecule is CCOc1ccc(-c2nc(CN3CCC(C(C)O)C3)cs2)cc1. The fourth-order valence-corrected chi connectivity index (χ4v) is 3.82. The third-order valence-electron chi connectivity index (χ3n) is 4.34. The summed E-state index contributed by atoms with van der Waals surface area (Å²) in [5.41, 5.74) is 2.25. The van der Waals surface area contributed by atoms with E-state index in [-0.39, 0.29) is 6.10 Å². The molecule has 0 radical (unpaired) electrons. The summed E-state index contributed by atoms with van der Waals surface area (Å²) in [4.78, 5) is 7.15. The highest BCUT2D eigenvalue weighted by Crippen LogP contribution is 2.27. The summed E-state index contributed by atoms with van der Waals surface area (Å²) in [6.45, 7) is 7.45. The third kappa shape index (κ3) is 4.10. The molecular formula is C18H24N2O2S. The van der Waals surface area contributed by atoms with Crippen molar-refractivity contribution in [2.75, 3.05) is 19.7 Å². The van der Waals surface area contributed by atoms with Crippen molar-refractivity contribution in [1.29, 1.82) is 0 Å². The van der Waals surface area contributed by atoms with E-state index in [0.717, 1.165) is 48.1 Å². The van der Waals surface area contributed by atoms with Crippen molar-refractivity contribution in [1.82, 2.24) is 9.88 Å². The van der Waals surface area contributed by atoms with Crippen LogP contribution in [0.5, 0.6) is 5.75 Å². The van der Waals surface area contributed by atoms with Crippen LogP contribution in [0.1, 0.15) is 26.0 Å².